The summed E-state index contributed by atoms with van der Waals surface area (Å²) < 4.78 is 12.9. The van der Waals surface area contributed by atoms with Gasteiger partial charge >= 0.3 is 0 Å². The van der Waals surface area contributed by atoms with Crippen molar-refractivity contribution in [1.82, 2.24) is 0 Å². The molecule has 0 spiro atoms. The molecule has 0 aliphatic carbocycles. The van der Waals surface area contributed by atoms with Crippen LogP contribution in [0.15, 0.2) is 18.2 Å². The zero-order chi connectivity index (χ0) is 12.0. The minimum absolute atomic E-state index is 0.0605. The van der Waals surface area contributed by atoms with E-state index in [-0.39, 0.29) is 11.7 Å². The first-order valence-electron chi connectivity index (χ1n) is 5.25. The number of carbonyl (C=O) groups is 1. The molecule has 1 aromatic carbocycles. The van der Waals surface area contributed by atoms with Gasteiger partial charge < -0.3 is 5.32 Å². The quantitative estimate of drug-likeness (QED) is 0.650. The maximum Gasteiger partial charge on any atom is 0.224 e. The average molecular weight is 288 g/mol. The monoisotopic (exact) mass is 287 g/mol. The number of alkyl halides is 1. The summed E-state index contributed by atoms with van der Waals surface area (Å²) in [4.78, 5) is 11.5. The second-order valence-electron chi connectivity index (χ2n) is 3.65. The number of aryl methyl sites for hydroxylation is 1. The van der Waals surface area contributed by atoms with Gasteiger partial charge in [0, 0.05) is 17.4 Å². The number of unbranched alkanes of at least 4 members (excludes halogenated alkanes) is 1. The number of hydrogen-bond donors (Lipinski definition) is 1. The molecule has 0 saturated carbocycles. The molecule has 0 aliphatic heterocycles. The van der Waals surface area contributed by atoms with E-state index < -0.39 is 0 Å². The molecule has 2 nitrogen and oxygen atoms in total. The van der Waals surface area contributed by atoms with E-state index in [4.69, 9.17) is 0 Å². The molecule has 1 rings (SSSR count). The Morgan fingerprint density at radius 1 is 1.44 bits per heavy atom. The third-order valence-corrected chi connectivity index (χ3v) is 2.82. The topological polar surface area (TPSA) is 29.1 Å². The molecular weight excluding hydrogens is 273 g/mol. The Hall–Kier alpha value is -0.900. The molecule has 4 heteroatoms. The molecule has 0 heterocycles. The lowest BCUT2D eigenvalue weighted by Gasteiger charge is -2.08. The van der Waals surface area contributed by atoms with E-state index in [0.717, 1.165) is 23.7 Å². The van der Waals surface area contributed by atoms with Gasteiger partial charge in [-0.25, -0.2) is 4.39 Å². The number of anilines is 1. The summed E-state index contributed by atoms with van der Waals surface area (Å²) in [7, 11) is 0. The predicted molar refractivity (Wildman–Crippen MR) is 67.4 cm³/mol. The first-order valence-corrected chi connectivity index (χ1v) is 6.37. The smallest absolute Gasteiger partial charge is 0.224 e. The third-order valence-electron chi connectivity index (χ3n) is 2.26. The largest absolute Gasteiger partial charge is 0.326 e. The molecule has 1 N–H and O–H groups in total. The maximum atomic E-state index is 12.9. The second-order valence-corrected chi connectivity index (χ2v) is 4.45. The molecule has 0 fully saturated rings. The predicted octanol–water partition coefficient (Wildman–Crippen LogP) is 3.64. The molecule has 0 aliphatic rings. The van der Waals surface area contributed by atoms with E-state index in [1.165, 1.54) is 12.1 Å². The van der Waals surface area contributed by atoms with E-state index in [2.05, 4.69) is 21.2 Å². The zero-order valence-electron chi connectivity index (χ0n) is 9.22. The van der Waals surface area contributed by atoms with Crippen LogP contribution in [0.4, 0.5) is 10.1 Å². The van der Waals surface area contributed by atoms with Crippen LogP contribution in [0.3, 0.4) is 0 Å². The number of rotatable bonds is 5. The van der Waals surface area contributed by atoms with Crippen LogP contribution in [-0.4, -0.2) is 11.2 Å². The Morgan fingerprint density at radius 3 is 2.88 bits per heavy atom. The fourth-order valence-corrected chi connectivity index (χ4v) is 1.72. The number of nitrogens with one attached hydrogen (secondary N) is 1. The van der Waals surface area contributed by atoms with Gasteiger partial charge in [0.2, 0.25) is 5.91 Å². The molecular formula is C12H15BrFNO. The Kier molecular flexibility index (Phi) is 5.46. The van der Waals surface area contributed by atoms with Gasteiger partial charge in [0.25, 0.3) is 0 Å². The van der Waals surface area contributed by atoms with Crippen LogP contribution >= 0.6 is 15.9 Å². The lowest BCUT2D eigenvalue weighted by atomic mass is 10.2. The lowest BCUT2D eigenvalue weighted by molar-refractivity contribution is -0.116. The Labute approximate surface area is 103 Å². The van der Waals surface area contributed by atoms with Gasteiger partial charge in [0.15, 0.2) is 0 Å². The van der Waals surface area contributed by atoms with Crippen molar-refractivity contribution >= 4 is 27.5 Å². The SMILES string of the molecule is Cc1ccc(F)cc1NC(=O)CCCCBr. The Bertz CT molecular complexity index is 368. The summed E-state index contributed by atoms with van der Waals surface area (Å²) >= 11 is 3.31. The molecule has 0 saturated heterocycles. The average Bonchev–Trinajstić information content (AvgIpc) is 2.24. The summed E-state index contributed by atoms with van der Waals surface area (Å²) in [6.07, 6.45) is 2.28. The van der Waals surface area contributed by atoms with Gasteiger partial charge in [-0.05, 0) is 37.5 Å². The van der Waals surface area contributed by atoms with E-state index in [0.29, 0.717) is 12.1 Å². The fraction of sp³-hybridized carbons (Fsp3) is 0.417. The highest BCUT2D eigenvalue weighted by Crippen LogP contribution is 2.16. The Balaban J connectivity index is 2.52. The molecule has 88 valence electrons. The molecule has 1 amide bonds. The minimum atomic E-state index is -0.332. The van der Waals surface area contributed by atoms with Crippen molar-refractivity contribution in [2.45, 2.75) is 26.2 Å². The van der Waals surface area contributed by atoms with Crippen LogP contribution in [0.25, 0.3) is 0 Å². The zero-order valence-corrected chi connectivity index (χ0v) is 10.8. The fourth-order valence-electron chi connectivity index (χ4n) is 1.32. The van der Waals surface area contributed by atoms with E-state index in [9.17, 15) is 9.18 Å². The van der Waals surface area contributed by atoms with Gasteiger partial charge in [0.1, 0.15) is 5.82 Å². The van der Waals surface area contributed by atoms with E-state index in [1.807, 2.05) is 6.92 Å². The van der Waals surface area contributed by atoms with E-state index >= 15 is 0 Å². The summed E-state index contributed by atoms with van der Waals surface area (Å²) in [5, 5.41) is 3.62. The number of amides is 1. The highest BCUT2D eigenvalue weighted by molar-refractivity contribution is 9.09. The van der Waals surface area contributed by atoms with Crippen LogP contribution < -0.4 is 5.32 Å². The van der Waals surface area contributed by atoms with Gasteiger partial charge in [0.05, 0.1) is 0 Å². The summed E-state index contributed by atoms with van der Waals surface area (Å²) in [6, 6.07) is 4.39. The molecule has 0 radical (unpaired) electrons. The van der Waals surface area contributed by atoms with Crippen molar-refractivity contribution in [3.63, 3.8) is 0 Å². The summed E-state index contributed by atoms with van der Waals surface area (Å²) in [5.74, 6) is -0.393. The van der Waals surface area contributed by atoms with Crippen molar-refractivity contribution in [2.24, 2.45) is 0 Å². The minimum Gasteiger partial charge on any atom is -0.326 e. The highest BCUT2D eigenvalue weighted by Gasteiger charge is 2.05. The molecule has 0 atom stereocenters. The summed E-state index contributed by atoms with van der Waals surface area (Å²) in [5.41, 5.74) is 1.43. The Morgan fingerprint density at radius 2 is 2.19 bits per heavy atom. The molecule has 16 heavy (non-hydrogen) atoms. The van der Waals surface area contributed by atoms with Crippen LogP contribution in [0.1, 0.15) is 24.8 Å². The van der Waals surface area contributed by atoms with Crippen molar-refractivity contribution < 1.29 is 9.18 Å². The molecule has 1 aromatic rings. The summed E-state index contributed by atoms with van der Waals surface area (Å²) in [6.45, 7) is 1.84. The number of hydrogen-bond acceptors (Lipinski definition) is 1. The normalized spacial score (nSPS) is 10.2. The molecule has 0 unspecified atom stereocenters. The van der Waals surface area contributed by atoms with Crippen molar-refractivity contribution in [1.29, 1.82) is 0 Å². The number of carbonyl (C=O) groups excluding carboxylic acids is 1. The number of halogens is 2. The lowest BCUT2D eigenvalue weighted by Crippen LogP contribution is -2.12. The van der Waals surface area contributed by atoms with Crippen LogP contribution in [-0.2, 0) is 4.79 Å². The van der Waals surface area contributed by atoms with Crippen molar-refractivity contribution in [3.8, 4) is 0 Å². The van der Waals surface area contributed by atoms with Gasteiger partial charge in [-0.2, -0.15) is 0 Å². The molecule has 0 aromatic heterocycles. The third kappa shape index (κ3) is 4.31. The van der Waals surface area contributed by atoms with Crippen LogP contribution in [0.2, 0.25) is 0 Å². The van der Waals surface area contributed by atoms with Gasteiger partial charge in [-0.15, -0.1) is 0 Å². The van der Waals surface area contributed by atoms with E-state index in [1.54, 1.807) is 6.07 Å². The number of benzene rings is 1. The van der Waals surface area contributed by atoms with Crippen LogP contribution in [0, 0.1) is 12.7 Å². The highest BCUT2D eigenvalue weighted by atomic mass is 79.9. The first kappa shape index (κ1) is 13.2. The van der Waals surface area contributed by atoms with Crippen LogP contribution in [0.5, 0.6) is 0 Å². The van der Waals surface area contributed by atoms with Gasteiger partial charge in [-0.1, -0.05) is 22.0 Å². The first-order chi connectivity index (χ1) is 7.63. The standard InChI is InChI=1S/C12H15BrFNO/c1-9-5-6-10(14)8-11(9)15-12(16)4-2-3-7-13/h5-6,8H,2-4,7H2,1H3,(H,15,16). The van der Waals surface area contributed by atoms with Crippen molar-refractivity contribution in [2.75, 3.05) is 10.6 Å². The maximum absolute atomic E-state index is 12.9. The van der Waals surface area contributed by atoms with Crippen molar-refractivity contribution in [3.05, 3.63) is 29.6 Å². The second kappa shape index (κ2) is 6.63. The van der Waals surface area contributed by atoms with Gasteiger partial charge in [-0.3, -0.25) is 4.79 Å². The molecule has 0 bridgehead atoms.